The number of hydrogen-bond acceptors (Lipinski definition) is 4. The average Bonchev–Trinajstić information content (AvgIpc) is 2.34. The average molecular weight is 259 g/mol. The van der Waals surface area contributed by atoms with Crippen molar-refractivity contribution in [1.29, 1.82) is 0 Å². The van der Waals surface area contributed by atoms with Gasteiger partial charge in [0, 0.05) is 19.8 Å². The van der Waals surface area contributed by atoms with E-state index in [-0.39, 0.29) is 6.10 Å². The molecular formula is C13H25NO2S. The zero-order valence-corrected chi connectivity index (χ0v) is 11.8. The van der Waals surface area contributed by atoms with Gasteiger partial charge < -0.3 is 14.8 Å². The molecule has 1 saturated carbocycles. The van der Waals surface area contributed by atoms with Crippen LogP contribution < -0.4 is 5.32 Å². The van der Waals surface area contributed by atoms with Gasteiger partial charge in [-0.3, -0.25) is 0 Å². The fourth-order valence-corrected chi connectivity index (χ4v) is 3.95. The van der Waals surface area contributed by atoms with Crippen LogP contribution in [-0.4, -0.2) is 50.0 Å². The van der Waals surface area contributed by atoms with Gasteiger partial charge in [0.25, 0.3) is 0 Å². The minimum atomic E-state index is 0.257. The molecule has 17 heavy (non-hydrogen) atoms. The number of rotatable bonds is 6. The maximum atomic E-state index is 5.64. The van der Waals surface area contributed by atoms with Gasteiger partial charge in [0.2, 0.25) is 0 Å². The summed E-state index contributed by atoms with van der Waals surface area (Å²) in [7, 11) is 1.79. The van der Waals surface area contributed by atoms with Crippen molar-refractivity contribution >= 4 is 11.8 Å². The predicted molar refractivity (Wildman–Crippen MR) is 72.7 cm³/mol. The van der Waals surface area contributed by atoms with Gasteiger partial charge in [-0.05, 0) is 50.2 Å². The molecule has 0 bridgehead atoms. The van der Waals surface area contributed by atoms with Crippen molar-refractivity contribution in [3.8, 4) is 0 Å². The predicted octanol–water partition coefficient (Wildman–Crippen LogP) is 1.91. The highest BCUT2D eigenvalue weighted by atomic mass is 32.2. The lowest BCUT2D eigenvalue weighted by Crippen LogP contribution is -2.60. The van der Waals surface area contributed by atoms with E-state index in [1.807, 2.05) is 6.92 Å². The van der Waals surface area contributed by atoms with Crippen LogP contribution in [0.5, 0.6) is 0 Å². The van der Waals surface area contributed by atoms with Crippen molar-refractivity contribution in [3.63, 3.8) is 0 Å². The van der Waals surface area contributed by atoms with E-state index >= 15 is 0 Å². The number of hydrogen-bond donors (Lipinski definition) is 1. The van der Waals surface area contributed by atoms with E-state index < -0.39 is 0 Å². The van der Waals surface area contributed by atoms with Crippen molar-refractivity contribution in [1.82, 2.24) is 5.32 Å². The Labute approximate surface area is 109 Å². The molecular weight excluding hydrogens is 234 g/mol. The van der Waals surface area contributed by atoms with E-state index in [1.165, 1.54) is 24.3 Å². The summed E-state index contributed by atoms with van der Waals surface area (Å²) in [6, 6.07) is 0.506. The quantitative estimate of drug-likeness (QED) is 0.789. The highest BCUT2D eigenvalue weighted by Crippen LogP contribution is 2.28. The van der Waals surface area contributed by atoms with Crippen LogP contribution in [-0.2, 0) is 9.47 Å². The van der Waals surface area contributed by atoms with Crippen LogP contribution in [0.4, 0.5) is 0 Å². The molecule has 0 amide bonds. The Bertz CT molecular complexity index is 221. The van der Waals surface area contributed by atoms with Crippen molar-refractivity contribution < 1.29 is 9.47 Å². The molecule has 1 saturated heterocycles. The Hall–Kier alpha value is 0.230. The summed E-state index contributed by atoms with van der Waals surface area (Å²) in [6.45, 7) is 3.99. The minimum Gasteiger partial charge on any atom is -0.377 e. The summed E-state index contributed by atoms with van der Waals surface area (Å²) in [5.74, 6) is 3.55. The second-order valence-electron chi connectivity index (χ2n) is 5.00. The molecule has 3 nitrogen and oxygen atoms in total. The Kier molecular flexibility index (Phi) is 5.60. The van der Waals surface area contributed by atoms with Crippen LogP contribution in [0.15, 0.2) is 0 Å². The third-order valence-electron chi connectivity index (χ3n) is 3.91. The summed E-state index contributed by atoms with van der Waals surface area (Å²) in [6.07, 6.45) is 4.42. The molecule has 2 fully saturated rings. The third kappa shape index (κ3) is 3.60. The lowest BCUT2D eigenvalue weighted by molar-refractivity contribution is -0.131. The van der Waals surface area contributed by atoms with Crippen LogP contribution in [0.2, 0.25) is 0 Å². The molecule has 0 aromatic heterocycles. The number of thioether (sulfide) groups is 1. The summed E-state index contributed by atoms with van der Waals surface area (Å²) in [5, 5.41) is 3.66. The van der Waals surface area contributed by atoms with Gasteiger partial charge in [0.1, 0.15) is 0 Å². The molecule has 0 aromatic rings. The van der Waals surface area contributed by atoms with E-state index in [0.29, 0.717) is 12.1 Å². The first-order valence-corrected chi connectivity index (χ1v) is 7.96. The highest BCUT2D eigenvalue weighted by Gasteiger charge is 2.41. The van der Waals surface area contributed by atoms with Gasteiger partial charge in [0.15, 0.2) is 0 Å². The Morgan fingerprint density at radius 2 is 2.06 bits per heavy atom. The van der Waals surface area contributed by atoms with E-state index in [9.17, 15) is 0 Å². The number of ether oxygens (including phenoxy) is 2. The van der Waals surface area contributed by atoms with Gasteiger partial charge in [-0.1, -0.05) is 0 Å². The lowest BCUT2D eigenvalue weighted by atomic mass is 9.84. The van der Waals surface area contributed by atoms with Crippen molar-refractivity contribution in [2.24, 2.45) is 5.92 Å². The van der Waals surface area contributed by atoms with E-state index in [1.54, 1.807) is 7.11 Å². The van der Waals surface area contributed by atoms with Gasteiger partial charge in [-0.15, -0.1) is 0 Å². The lowest BCUT2D eigenvalue weighted by Gasteiger charge is -2.44. The first-order chi connectivity index (χ1) is 8.35. The van der Waals surface area contributed by atoms with E-state index in [2.05, 4.69) is 17.1 Å². The number of nitrogens with one attached hydrogen (secondary N) is 1. The van der Waals surface area contributed by atoms with Crippen LogP contribution >= 0.6 is 11.8 Å². The first kappa shape index (κ1) is 13.7. The molecule has 1 aliphatic carbocycles. The minimum absolute atomic E-state index is 0.257. The zero-order valence-electron chi connectivity index (χ0n) is 11.0. The molecule has 1 aliphatic heterocycles. The fraction of sp³-hybridized carbons (Fsp3) is 1.00. The largest absolute Gasteiger partial charge is 0.377 e. The van der Waals surface area contributed by atoms with Crippen molar-refractivity contribution in [3.05, 3.63) is 0 Å². The molecule has 2 rings (SSSR count). The van der Waals surface area contributed by atoms with E-state index in [4.69, 9.17) is 9.47 Å². The Morgan fingerprint density at radius 1 is 1.29 bits per heavy atom. The molecule has 1 heterocycles. The highest BCUT2D eigenvalue weighted by molar-refractivity contribution is 7.99. The second kappa shape index (κ2) is 6.98. The smallest absolute Gasteiger partial charge is 0.0986 e. The van der Waals surface area contributed by atoms with Gasteiger partial charge in [-0.25, -0.2) is 0 Å². The number of methoxy groups -OCH3 is 1. The van der Waals surface area contributed by atoms with Crippen LogP contribution in [0, 0.1) is 5.92 Å². The van der Waals surface area contributed by atoms with Crippen LogP contribution in [0.25, 0.3) is 0 Å². The van der Waals surface area contributed by atoms with Crippen molar-refractivity contribution in [2.45, 2.75) is 44.4 Å². The summed E-state index contributed by atoms with van der Waals surface area (Å²) >= 11 is 2.09. The summed E-state index contributed by atoms with van der Waals surface area (Å²) < 4.78 is 11.1. The fourth-order valence-electron chi connectivity index (χ4n) is 2.74. The van der Waals surface area contributed by atoms with Gasteiger partial charge in [-0.2, -0.15) is 11.8 Å². The maximum Gasteiger partial charge on any atom is 0.0986 e. The van der Waals surface area contributed by atoms with E-state index in [0.717, 1.165) is 25.5 Å². The summed E-state index contributed by atoms with van der Waals surface area (Å²) in [5.41, 5.74) is 0. The topological polar surface area (TPSA) is 30.5 Å². The monoisotopic (exact) mass is 259 g/mol. The molecule has 4 heteroatoms. The van der Waals surface area contributed by atoms with Crippen LogP contribution in [0.3, 0.4) is 0 Å². The summed E-state index contributed by atoms with van der Waals surface area (Å²) in [4.78, 5) is 0. The normalized spacial score (nSPS) is 34.6. The second-order valence-corrected chi connectivity index (χ2v) is 6.23. The SMILES string of the molecule is CCOC1CC(NCC2CCSCC2)C1OC. The van der Waals surface area contributed by atoms with Gasteiger partial charge in [0.05, 0.1) is 12.2 Å². The molecule has 3 unspecified atom stereocenters. The molecule has 0 spiro atoms. The molecule has 0 aromatic carbocycles. The van der Waals surface area contributed by atoms with Gasteiger partial charge >= 0.3 is 0 Å². The molecule has 2 aliphatic rings. The zero-order chi connectivity index (χ0) is 12.1. The first-order valence-electron chi connectivity index (χ1n) is 6.80. The van der Waals surface area contributed by atoms with Crippen molar-refractivity contribution in [2.75, 3.05) is 31.8 Å². The molecule has 3 atom stereocenters. The maximum absolute atomic E-state index is 5.64. The van der Waals surface area contributed by atoms with Crippen LogP contribution in [0.1, 0.15) is 26.2 Å². The molecule has 100 valence electrons. The molecule has 0 radical (unpaired) electrons. The Balaban J connectivity index is 1.65. The standard InChI is InChI=1S/C13H25NO2S/c1-3-16-12-8-11(13(12)15-2)14-9-10-4-6-17-7-5-10/h10-14H,3-9H2,1-2H3. The molecule has 1 N–H and O–H groups in total. The Morgan fingerprint density at radius 3 is 2.71 bits per heavy atom. The third-order valence-corrected chi connectivity index (χ3v) is 4.96.